The van der Waals surface area contributed by atoms with Gasteiger partial charge in [-0.05, 0) is 18.8 Å². The van der Waals surface area contributed by atoms with E-state index in [9.17, 15) is 9.59 Å². The smallest absolute Gasteiger partial charge is 0.305 e. The number of carboxylic acid groups (broad SMARTS) is 1. The van der Waals surface area contributed by atoms with Gasteiger partial charge in [0.1, 0.15) is 0 Å². The van der Waals surface area contributed by atoms with E-state index >= 15 is 0 Å². The molecule has 0 saturated heterocycles. The second kappa shape index (κ2) is 8.94. The van der Waals surface area contributed by atoms with Crippen molar-refractivity contribution in [3.63, 3.8) is 0 Å². The summed E-state index contributed by atoms with van der Waals surface area (Å²) in [4.78, 5) is 22.5. The Morgan fingerprint density at radius 3 is 2.53 bits per heavy atom. The molecule has 0 spiro atoms. The molecule has 1 fully saturated rings. The number of nitrogens with one attached hydrogen (secondary N) is 1. The molecule has 110 valence electrons. The van der Waals surface area contributed by atoms with Crippen LogP contribution in [0.5, 0.6) is 0 Å². The van der Waals surface area contributed by atoms with E-state index in [4.69, 9.17) is 5.11 Å². The molecule has 1 amide bonds. The van der Waals surface area contributed by atoms with Crippen LogP contribution in [0.4, 0.5) is 0 Å². The van der Waals surface area contributed by atoms with Crippen LogP contribution in [0.25, 0.3) is 0 Å². The minimum atomic E-state index is -0.861. The Morgan fingerprint density at radius 2 is 1.95 bits per heavy atom. The second-order valence-corrected chi connectivity index (χ2v) is 5.66. The first-order valence-electron chi connectivity index (χ1n) is 7.63. The fourth-order valence-electron chi connectivity index (χ4n) is 2.97. The maximum absolute atomic E-state index is 12.1. The van der Waals surface area contributed by atoms with Crippen LogP contribution < -0.4 is 5.32 Å². The highest BCUT2D eigenvalue weighted by atomic mass is 16.4. The summed E-state index contributed by atoms with van der Waals surface area (Å²) in [5.74, 6) is -0.0503. The maximum atomic E-state index is 12.1. The molecule has 4 nitrogen and oxygen atoms in total. The van der Waals surface area contributed by atoms with Gasteiger partial charge in [-0.3, -0.25) is 9.59 Å². The Labute approximate surface area is 116 Å². The number of hydrogen-bond acceptors (Lipinski definition) is 2. The van der Waals surface area contributed by atoms with Crippen molar-refractivity contribution in [1.82, 2.24) is 5.32 Å². The van der Waals surface area contributed by atoms with Crippen LogP contribution in [-0.4, -0.2) is 23.5 Å². The summed E-state index contributed by atoms with van der Waals surface area (Å²) >= 11 is 0. The number of carboxylic acids is 1. The van der Waals surface area contributed by atoms with Gasteiger partial charge in [0.25, 0.3) is 0 Å². The zero-order valence-electron chi connectivity index (χ0n) is 12.0. The van der Waals surface area contributed by atoms with Gasteiger partial charge in [-0.1, -0.05) is 45.4 Å². The van der Waals surface area contributed by atoms with Gasteiger partial charge >= 0.3 is 5.97 Å². The summed E-state index contributed by atoms with van der Waals surface area (Å²) in [5, 5.41) is 11.3. The van der Waals surface area contributed by atoms with E-state index in [2.05, 4.69) is 12.2 Å². The molecular formula is C15H27NO3. The van der Waals surface area contributed by atoms with Crippen LogP contribution in [0.15, 0.2) is 0 Å². The average Bonchev–Trinajstić information content (AvgIpc) is 2.39. The number of carbonyl (C=O) groups excluding carboxylic acids is 1. The molecule has 2 N–H and O–H groups in total. The van der Waals surface area contributed by atoms with Crippen molar-refractivity contribution >= 4 is 11.9 Å². The Bertz CT molecular complexity index is 285. The monoisotopic (exact) mass is 269 g/mol. The lowest BCUT2D eigenvalue weighted by Gasteiger charge is -2.25. The van der Waals surface area contributed by atoms with Crippen LogP contribution in [0.3, 0.4) is 0 Å². The Hall–Kier alpha value is -1.06. The number of aliphatic carboxylic acids is 1. The molecule has 1 aliphatic rings. The van der Waals surface area contributed by atoms with Crippen molar-refractivity contribution in [2.75, 3.05) is 6.54 Å². The molecule has 0 heterocycles. The fraction of sp³-hybridized carbons (Fsp3) is 0.867. The lowest BCUT2D eigenvalue weighted by Crippen LogP contribution is -2.33. The molecular weight excluding hydrogens is 242 g/mol. The van der Waals surface area contributed by atoms with E-state index in [1.54, 1.807) is 0 Å². The van der Waals surface area contributed by atoms with E-state index in [0.717, 1.165) is 19.3 Å². The Balaban J connectivity index is 2.36. The van der Waals surface area contributed by atoms with Gasteiger partial charge in [0.15, 0.2) is 0 Å². The fourth-order valence-corrected chi connectivity index (χ4v) is 2.97. The third kappa shape index (κ3) is 6.60. The largest absolute Gasteiger partial charge is 0.481 e. The standard InChI is InChI=1S/C15H27NO3/c1-2-6-13(11-12-7-4-3-5-8-12)15(19)16-10-9-14(17)18/h12-13H,2-11H2,1H3,(H,16,19)(H,17,18). The van der Waals surface area contributed by atoms with Crippen molar-refractivity contribution in [1.29, 1.82) is 0 Å². The Morgan fingerprint density at radius 1 is 1.26 bits per heavy atom. The van der Waals surface area contributed by atoms with E-state index in [-0.39, 0.29) is 24.8 Å². The van der Waals surface area contributed by atoms with Gasteiger partial charge in [0.05, 0.1) is 6.42 Å². The second-order valence-electron chi connectivity index (χ2n) is 5.66. The van der Waals surface area contributed by atoms with E-state index in [0.29, 0.717) is 5.92 Å². The van der Waals surface area contributed by atoms with Crippen molar-refractivity contribution in [3.05, 3.63) is 0 Å². The van der Waals surface area contributed by atoms with Crippen LogP contribution >= 0.6 is 0 Å². The number of amides is 1. The lowest BCUT2D eigenvalue weighted by atomic mass is 9.81. The van der Waals surface area contributed by atoms with Gasteiger partial charge < -0.3 is 10.4 Å². The molecule has 0 aromatic rings. The molecule has 0 aromatic carbocycles. The first-order chi connectivity index (χ1) is 9.13. The van der Waals surface area contributed by atoms with Gasteiger partial charge in [-0.25, -0.2) is 0 Å². The minimum absolute atomic E-state index is 0.00795. The topological polar surface area (TPSA) is 66.4 Å². The number of hydrogen-bond donors (Lipinski definition) is 2. The Kier molecular flexibility index (Phi) is 7.53. The summed E-state index contributed by atoms with van der Waals surface area (Å²) in [5.41, 5.74) is 0. The molecule has 1 atom stereocenters. The first kappa shape index (κ1) is 16.0. The van der Waals surface area contributed by atoms with Crippen molar-refractivity contribution in [2.45, 2.75) is 64.7 Å². The molecule has 1 saturated carbocycles. The molecule has 0 aromatic heterocycles. The van der Waals surface area contributed by atoms with E-state index in [1.807, 2.05) is 0 Å². The molecule has 1 unspecified atom stereocenters. The van der Waals surface area contributed by atoms with E-state index < -0.39 is 5.97 Å². The third-order valence-corrected chi connectivity index (χ3v) is 3.99. The highest BCUT2D eigenvalue weighted by Crippen LogP contribution is 2.30. The first-order valence-corrected chi connectivity index (χ1v) is 7.63. The zero-order chi connectivity index (χ0) is 14.1. The van der Waals surface area contributed by atoms with Crippen molar-refractivity contribution < 1.29 is 14.7 Å². The highest BCUT2D eigenvalue weighted by Gasteiger charge is 2.23. The van der Waals surface area contributed by atoms with Crippen LogP contribution in [0.2, 0.25) is 0 Å². The minimum Gasteiger partial charge on any atom is -0.481 e. The van der Waals surface area contributed by atoms with Crippen LogP contribution in [-0.2, 0) is 9.59 Å². The predicted molar refractivity (Wildman–Crippen MR) is 74.9 cm³/mol. The molecule has 0 radical (unpaired) electrons. The lowest BCUT2D eigenvalue weighted by molar-refractivity contribution is -0.137. The predicted octanol–water partition coefficient (Wildman–Crippen LogP) is 2.96. The summed E-state index contributed by atoms with van der Waals surface area (Å²) in [6, 6.07) is 0. The summed E-state index contributed by atoms with van der Waals surface area (Å²) < 4.78 is 0. The SMILES string of the molecule is CCCC(CC1CCCCC1)C(=O)NCCC(=O)O. The molecule has 4 heteroatoms. The van der Waals surface area contributed by atoms with Crippen molar-refractivity contribution in [2.24, 2.45) is 11.8 Å². The van der Waals surface area contributed by atoms with Crippen molar-refractivity contribution in [3.8, 4) is 0 Å². The quantitative estimate of drug-likeness (QED) is 0.712. The van der Waals surface area contributed by atoms with Gasteiger partial charge in [-0.2, -0.15) is 0 Å². The molecule has 0 aliphatic heterocycles. The van der Waals surface area contributed by atoms with E-state index in [1.165, 1.54) is 32.1 Å². The highest BCUT2D eigenvalue weighted by molar-refractivity contribution is 5.79. The summed E-state index contributed by atoms with van der Waals surface area (Å²) in [6.07, 6.45) is 9.33. The summed E-state index contributed by atoms with van der Waals surface area (Å²) in [7, 11) is 0. The summed E-state index contributed by atoms with van der Waals surface area (Å²) in [6.45, 7) is 2.34. The van der Waals surface area contributed by atoms with Crippen LogP contribution in [0, 0.1) is 11.8 Å². The van der Waals surface area contributed by atoms with Gasteiger partial charge in [0.2, 0.25) is 5.91 Å². The zero-order valence-corrected chi connectivity index (χ0v) is 12.0. The maximum Gasteiger partial charge on any atom is 0.305 e. The number of rotatable bonds is 8. The molecule has 19 heavy (non-hydrogen) atoms. The molecule has 1 aliphatic carbocycles. The molecule has 1 rings (SSSR count). The third-order valence-electron chi connectivity index (χ3n) is 3.99. The van der Waals surface area contributed by atoms with Crippen LogP contribution in [0.1, 0.15) is 64.7 Å². The van der Waals surface area contributed by atoms with Gasteiger partial charge in [-0.15, -0.1) is 0 Å². The molecule has 0 bridgehead atoms. The van der Waals surface area contributed by atoms with Gasteiger partial charge in [0, 0.05) is 12.5 Å². The normalized spacial score (nSPS) is 17.9. The number of carbonyl (C=O) groups is 2. The average molecular weight is 269 g/mol.